The maximum atomic E-state index is 11.1. The van der Waals surface area contributed by atoms with E-state index in [1.165, 1.54) is 0 Å². The molecule has 1 fully saturated rings. The van der Waals surface area contributed by atoms with E-state index in [1.54, 1.807) is 7.11 Å². The number of amides is 1. The van der Waals surface area contributed by atoms with Crippen LogP contribution in [0.3, 0.4) is 0 Å². The van der Waals surface area contributed by atoms with Gasteiger partial charge in [0.2, 0.25) is 5.91 Å². The van der Waals surface area contributed by atoms with Crippen molar-refractivity contribution >= 4 is 5.91 Å². The highest BCUT2D eigenvalue weighted by molar-refractivity contribution is 5.76. The summed E-state index contributed by atoms with van der Waals surface area (Å²) in [5, 5.41) is 6.07. The van der Waals surface area contributed by atoms with Gasteiger partial charge in [-0.1, -0.05) is 0 Å². The molecule has 1 aliphatic heterocycles. The Morgan fingerprint density at radius 1 is 1.75 bits per heavy atom. The number of carbonyl (C=O) groups is 1. The third kappa shape index (κ3) is 3.19. The van der Waals surface area contributed by atoms with Crippen LogP contribution in [0.25, 0.3) is 0 Å². The molecule has 1 aliphatic rings. The molecule has 0 aliphatic carbocycles. The van der Waals surface area contributed by atoms with E-state index in [0.717, 1.165) is 19.4 Å². The van der Waals surface area contributed by atoms with Crippen LogP contribution in [0.2, 0.25) is 0 Å². The lowest BCUT2D eigenvalue weighted by atomic mass is 10.3. The van der Waals surface area contributed by atoms with Crippen molar-refractivity contribution in [1.29, 1.82) is 0 Å². The van der Waals surface area contributed by atoms with Gasteiger partial charge in [-0.2, -0.15) is 0 Å². The van der Waals surface area contributed by atoms with E-state index in [-0.39, 0.29) is 12.1 Å². The highest BCUT2D eigenvalue weighted by atomic mass is 16.5. The first kappa shape index (κ1) is 9.48. The Bertz CT molecular complexity index is 144. The topological polar surface area (TPSA) is 50.4 Å². The summed E-state index contributed by atoms with van der Waals surface area (Å²) in [6.07, 6.45) is 2.83. The maximum Gasteiger partial charge on any atom is 0.223 e. The highest BCUT2D eigenvalue weighted by Crippen LogP contribution is 2.01. The lowest BCUT2D eigenvalue weighted by Gasteiger charge is -2.11. The van der Waals surface area contributed by atoms with Crippen LogP contribution in [-0.2, 0) is 9.53 Å². The molecule has 1 heterocycles. The summed E-state index contributed by atoms with van der Waals surface area (Å²) in [5.74, 6) is 0.0660. The molecule has 0 bridgehead atoms. The van der Waals surface area contributed by atoms with Crippen molar-refractivity contribution in [2.75, 3.05) is 20.3 Å². The number of methoxy groups -OCH3 is 1. The molecule has 0 aromatic rings. The van der Waals surface area contributed by atoms with Gasteiger partial charge in [-0.3, -0.25) is 10.1 Å². The van der Waals surface area contributed by atoms with Crippen molar-refractivity contribution in [2.24, 2.45) is 0 Å². The second-order valence-corrected chi connectivity index (χ2v) is 2.96. The zero-order chi connectivity index (χ0) is 8.81. The standard InChI is InChI=1S/C8H16N2O2/c1-12-6-4-8(11)10-7-3-2-5-9-7/h7,9H,2-6H2,1H3,(H,10,11). The normalized spacial score (nSPS) is 22.6. The predicted octanol–water partition coefficient (Wildman–Crippen LogP) is -0.151. The second-order valence-electron chi connectivity index (χ2n) is 2.96. The Hall–Kier alpha value is -0.610. The number of ether oxygens (including phenoxy) is 1. The van der Waals surface area contributed by atoms with Crippen molar-refractivity contribution in [3.05, 3.63) is 0 Å². The Labute approximate surface area is 72.7 Å². The van der Waals surface area contributed by atoms with Crippen molar-refractivity contribution in [3.63, 3.8) is 0 Å². The van der Waals surface area contributed by atoms with E-state index < -0.39 is 0 Å². The first-order valence-corrected chi connectivity index (χ1v) is 4.34. The van der Waals surface area contributed by atoms with Crippen LogP contribution < -0.4 is 10.6 Å². The number of carbonyl (C=O) groups excluding carboxylic acids is 1. The minimum absolute atomic E-state index is 0.0660. The first-order chi connectivity index (χ1) is 5.83. The molecule has 12 heavy (non-hydrogen) atoms. The number of hydrogen-bond donors (Lipinski definition) is 2. The van der Waals surface area contributed by atoms with Gasteiger partial charge in [0.05, 0.1) is 12.8 Å². The van der Waals surface area contributed by atoms with Gasteiger partial charge in [-0.15, -0.1) is 0 Å². The van der Waals surface area contributed by atoms with Gasteiger partial charge in [0.1, 0.15) is 0 Å². The van der Waals surface area contributed by atoms with E-state index in [0.29, 0.717) is 13.0 Å². The Kier molecular flexibility index (Phi) is 4.04. The molecule has 1 amide bonds. The summed E-state index contributed by atoms with van der Waals surface area (Å²) in [6.45, 7) is 1.51. The molecular weight excluding hydrogens is 156 g/mol. The van der Waals surface area contributed by atoms with Crippen LogP contribution in [-0.4, -0.2) is 32.3 Å². The van der Waals surface area contributed by atoms with Gasteiger partial charge in [0.15, 0.2) is 0 Å². The molecule has 4 heteroatoms. The fourth-order valence-corrected chi connectivity index (χ4v) is 1.27. The molecule has 1 rings (SSSR count). The van der Waals surface area contributed by atoms with Gasteiger partial charge in [-0.05, 0) is 19.4 Å². The van der Waals surface area contributed by atoms with E-state index in [4.69, 9.17) is 4.74 Å². The molecule has 1 unspecified atom stereocenters. The van der Waals surface area contributed by atoms with Crippen molar-refractivity contribution in [2.45, 2.75) is 25.4 Å². The van der Waals surface area contributed by atoms with Crippen molar-refractivity contribution in [3.8, 4) is 0 Å². The molecule has 0 spiro atoms. The molecular formula is C8H16N2O2. The largest absolute Gasteiger partial charge is 0.384 e. The molecule has 70 valence electrons. The maximum absolute atomic E-state index is 11.1. The van der Waals surface area contributed by atoms with E-state index in [1.807, 2.05) is 0 Å². The minimum atomic E-state index is 0.0660. The molecule has 0 aromatic carbocycles. The quantitative estimate of drug-likeness (QED) is 0.620. The number of hydrogen-bond acceptors (Lipinski definition) is 3. The monoisotopic (exact) mass is 172 g/mol. The van der Waals surface area contributed by atoms with Crippen molar-refractivity contribution in [1.82, 2.24) is 10.6 Å². The average Bonchev–Trinajstić information content (AvgIpc) is 2.53. The zero-order valence-electron chi connectivity index (χ0n) is 7.43. The lowest BCUT2D eigenvalue weighted by Crippen LogP contribution is -2.41. The van der Waals surface area contributed by atoms with E-state index in [9.17, 15) is 4.79 Å². The van der Waals surface area contributed by atoms with E-state index in [2.05, 4.69) is 10.6 Å². The van der Waals surface area contributed by atoms with Gasteiger partial charge < -0.3 is 10.1 Å². The fourth-order valence-electron chi connectivity index (χ4n) is 1.27. The molecule has 0 radical (unpaired) electrons. The third-order valence-electron chi connectivity index (χ3n) is 1.93. The van der Waals surface area contributed by atoms with E-state index >= 15 is 0 Å². The first-order valence-electron chi connectivity index (χ1n) is 4.34. The summed E-state index contributed by atoms with van der Waals surface area (Å²) in [5.41, 5.74) is 0. The summed E-state index contributed by atoms with van der Waals surface area (Å²) >= 11 is 0. The molecule has 0 saturated carbocycles. The summed E-state index contributed by atoms with van der Waals surface area (Å²) < 4.78 is 4.80. The zero-order valence-corrected chi connectivity index (χ0v) is 7.43. The minimum Gasteiger partial charge on any atom is -0.384 e. The predicted molar refractivity (Wildman–Crippen MR) is 45.7 cm³/mol. The molecule has 4 nitrogen and oxygen atoms in total. The van der Waals surface area contributed by atoms with Gasteiger partial charge in [-0.25, -0.2) is 0 Å². The Morgan fingerprint density at radius 2 is 2.58 bits per heavy atom. The highest BCUT2D eigenvalue weighted by Gasteiger charge is 2.15. The van der Waals surface area contributed by atoms with Crippen LogP contribution in [0.4, 0.5) is 0 Å². The van der Waals surface area contributed by atoms with Crippen LogP contribution in [0, 0.1) is 0 Å². The van der Waals surface area contributed by atoms with Crippen LogP contribution in [0.15, 0.2) is 0 Å². The molecule has 1 saturated heterocycles. The average molecular weight is 172 g/mol. The van der Waals surface area contributed by atoms with Crippen LogP contribution >= 0.6 is 0 Å². The smallest absolute Gasteiger partial charge is 0.223 e. The van der Waals surface area contributed by atoms with Crippen molar-refractivity contribution < 1.29 is 9.53 Å². The summed E-state index contributed by atoms with van der Waals surface area (Å²) in [7, 11) is 1.60. The van der Waals surface area contributed by atoms with Gasteiger partial charge >= 0.3 is 0 Å². The Morgan fingerprint density at radius 3 is 3.17 bits per heavy atom. The summed E-state index contributed by atoms with van der Waals surface area (Å²) in [4.78, 5) is 11.1. The third-order valence-corrected chi connectivity index (χ3v) is 1.93. The Balaban J connectivity index is 2.08. The summed E-state index contributed by atoms with van der Waals surface area (Å²) in [6, 6.07) is 0. The number of rotatable bonds is 4. The lowest BCUT2D eigenvalue weighted by molar-refractivity contribution is -0.122. The second kappa shape index (κ2) is 5.11. The van der Waals surface area contributed by atoms with Crippen LogP contribution in [0.1, 0.15) is 19.3 Å². The number of nitrogens with one attached hydrogen (secondary N) is 2. The molecule has 2 N–H and O–H groups in total. The fraction of sp³-hybridized carbons (Fsp3) is 0.875. The van der Waals surface area contributed by atoms with Gasteiger partial charge in [0, 0.05) is 13.5 Å². The van der Waals surface area contributed by atoms with Gasteiger partial charge in [0.25, 0.3) is 0 Å². The van der Waals surface area contributed by atoms with Crippen LogP contribution in [0.5, 0.6) is 0 Å². The molecule has 1 atom stereocenters. The molecule has 0 aromatic heterocycles. The SMILES string of the molecule is COCCC(=O)NC1CCCN1.